The number of aromatic nitrogens is 1. The van der Waals surface area contributed by atoms with Crippen molar-refractivity contribution in [1.29, 1.82) is 0 Å². The van der Waals surface area contributed by atoms with Crippen LogP contribution in [0.4, 0.5) is 0 Å². The van der Waals surface area contributed by atoms with Crippen molar-refractivity contribution in [3.05, 3.63) is 76.1 Å². The van der Waals surface area contributed by atoms with E-state index < -0.39 is 28.8 Å². The van der Waals surface area contributed by atoms with Crippen LogP contribution in [0.15, 0.2) is 63.9 Å². The standard InChI is InChI=1S/C24H17NO7/c1-30-17(27)10-14-13-8-5-9-25-24(13)32-23-18(14)22-19(20(28)21(23)29)15(26)11-16(31-22)12-6-3-2-4-7-12/h2-9,11,14,28-29H,10H2,1H3/t14-/m1/s1. The van der Waals surface area contributed by atoms with Crippen molar-refractivity contribution in [1.82, 2.24) is 4.98 Å². The van der Waals surface area contributed by atoms with Crippen molar-refractivity contribution >= 4 is 16.9 Å². The Morgan fingerprint density at radius 3 is 2.66 bits per heavy atom. The van der Waals surface area contributed by atoms with Crippen LogP contribution >= 0.6 is 0 Å². The number of aromatic hydroxyl groups is 2. The van der Waals surface area contributed by atoms with Crippen molar-refractivity contribution in [2.45, 2.75) is 12.3 Å². The van der Waals surface area contributed by atoms with Gasteiger partial charge in [0.1, 0.15) is 16.7 Å². The molecule has 2 aromatic heterocycles. The van der Waals surface area contributed by atoms with Crippen LogP contribution in [0.5, 0.6) is 23.1 Å². The Balaban J connectivity index is 1.87. The Bertz CT molecular complexity index is 1430. The van der Waals surface area contributed by atoms with Gasteiger partial charge in [0.15, 0.2) is 16.9 Å². The second-order valence-electron chi connectivity index (χ2n) is 7.32. The molecule has 0 amide bonds. The van der Waals surface area contributed by atoms with Gasteiger partial charge in [-0.2, -0.15) is 0 Å². The number of rotatable bonds is 3. The largest absolute Gasteiger partial charge is 0.504 e. The number of hydrogen-bond donors (Lipinski definition) is 2. The number of ether oxygens (including phenoxy) is 2. The van der Waals surface area contributed by atoms with E-state index in [0.29, 0.717) is 11.1 Å². The molecule has 1 aliphatic rings. The molecule has 32 heavy (non-hydrogen) atoms. The van der Waals surface area contributed by atoms with Gasteiger partial charge in [0, 0.05) is 29.3 Å². The Hall–Kier alpha value is -4.33. The summed E-state index contributed by atoms with van der Waals surface area (Å²) in [6, 6.07) is 13.6. The number of esters is 1. The van der Waals surface area contributed by atoms with E-state index in [2.05, 4.69) is 4.98 Å². The number of hydrogen-bond acceptors (Lipinski definition) is 8. The molecule has 5 rings (SSSR count). The first-order chi connectivity index (χ1) is 15.5. The minimum atomic E-state index is -0.696. The van der Waals surface area contributed by atoms with Gasteiger partial charge in [-0.1, -0.05) is 36.4 Å². The van der Waals surface area contributed by atoms with Crippen LogP contribution in [0.1, 0.15) is 23.5 Å². The number of pyridine rings is 1. The maximum atomic E-state index is 13.0. The molecule has 2 N–H and O–H groups in total. The van der Waals surface area contributed by atoms with Crippen molar-refractivity contribution in [2.75, 3.05) is 7.11 Å². The SMILES string of the molecule is COC(=O)C[C@@H]1c2cccnc2Oc2c(O)c(O)c3c(=O)cc(-c4ccccc4)oc3c21. The molecule has 4 aromatic rings. The number of fused-ring (bicyclic) bond motifs is 4. The number of carbonyl (C=O) groups excluding carboxylic acids is 1. The van der Waals surface area contributed by atoms with Crippen LogP contribution in [0.2, 0.25) is 0 Å². The van der Waals surface area contributed by atoms with E-state index in [1.807, 2.05) is 6.07 Å². The summed E-state index contributed by atoms with van der Waals surface area (Å²) >= 11 is 0. The molecule has 1 atom stereocenters. The Kier molecular flexibility index (Phi) is 4.55. The average molecular weight is 431 g/mol. The number of methoxy groups -OCH3 is 1. The van der Waals surface area contributed by atoms with Gasteiger partial charge in [-0.3, -0.25) is 9.59 Å². The molecule has 0 saturated carbocycles. The third-order valence-corrected chi connectivity index (χ3v) is 5.49. The molecule has 8 heteroatoms. The van der Waals surface area contributed by atoms with Crippen LogP contribution in [-0.4, -0.2) is 28.3 Å². The molecule has 0 spiro atoms. The van der Waals surface area contributed by atoms with Gasteiger partial charge in [-0.15, -0.1) is 0 Å². The van der Waals surface area contributed by atoms with E-state index in [-0.39, 0.29) is 40.3 Å². The Labute approximate surface area is 181 Å². The van der Waals surface area contributed by atoms with Gasteiger partial charge >= 0.3 is 5.97 Å². The molecule has 0 fully saturated rings. The highest BCUT2D eigenvalue weighted by Gasteiger charge is 2.37. The van der Waals surface area contributed by atoms with E-state index in [1.165, 1.54) is 19.4 Å². The van der Waals surface area contributed by atoms with Crippen LogP contribution in [0.25, 0.3) is 22.3 Å². The summed E-state index contributed by atoms with van der Waals surface area (Å²) in [4.78, 5) is 29.4. The van der Waals surface area contributed by atoms with Gasteiger partial charge < -0.3 is 24.1 Å². The number of phenolic OH excluding ortho intramolecular Hbond substituents is 2. The maximum absolute atomic E-state index is 13.0. The number of carbonyl (C=O) groups is 1. The second kappa shape index (κ2) is 7.42. The van der Waals surface area contributed by atoms with Crippen molar-refractivity contribution in [3.63, 3.8) is 0 Å². The van der Waals surface area contributed by atoms with Gasteiger partial charge in [0.25, 0.3) is 0 Å². The molecule has 0 aliphatic carbocycles. The minimum absolute atomic E-state index is 0.0186. The normalized spacial score (nSPS) is 14.3. The van der Waals surface area contributed by atoms with Crippen LogP contribution < -0.4 is 10.2 Å². The summed E-state index contributed by atoms with van der Waals surface area (Å²) in [5.41, 5.74) is 0.941. The van der Waals surface area contributed by atoms with E-state index >= 15 is 0 Å². The fraction of sp³-hybridized carbons (Fsp3) is 0.125. The summed E-state index contributed by atoms with van der Waals surface area (Å²) < 4.78 is 16.8. The lowest BCUT2D eigenvalue weighted by Crippen LogP contribution is -2.17. The highest BCUT2D eigenvalue weighted by Crippen LogP contribution is 2.55. The molecule has 0 saturated heterocycles. The molecule has 0 bridgehead atoms. The second-order valence-corrected chi connectivity index (χ2v) is 7.32. The summed E-state index contributed by atoms with van der Waals surface area (Å²) in [7, 11) is 1.27. The fourth-order valence-electron chi connectivity index (χ4n) is 4.00. The molecule has 8 nitrogen and oxygen atoms in total. The zero-order valence-electron chi connectivity index (χ0n) is 16.9. The third-order valence-electron chi connectivity index (χ3n) is 5.49. The predicted octanol–water partition coefficient (Wildman–Crippen LogP) is 4.07. The zero-order valence-corrected chi connectivity index (χ0v) is 16.9. The van der Waals surface area contributed by atoms with Crippen LogP contribution in [-0.2, 0) is 9.53 Å². The van der Waals surface area contributed by atoms with Crippen molar-refractivity contribution in [3.8, 4) is 34.5 Å². The molecular formula is C24H17NO7. The quantitative estimate of drug-likeness (QED) is 0.368. The molecular weight excluding hydrogens is 414 g/mol. The Morgan fingerprint density at radius 1 is 1.12 bits per heavy atom. The molecule has 1 aliphatic heterocycles. The van der Waals surface area contributed by atoms with E-state index in [9.17, 15) is 19.8 Å². The number of nitrogens with zero attached hydrogens (tertiary/aromatic N) is 1. The lowest BCUT2D eigenvalue weighted by Gasteiger charge is -2.28. The number of phenols is 2. The van der Waals surface area contributed by atoms with E-state index in [4.69, 9.17) is 13.9 Å². The predicted molar refractivity (Wildman–Crippen MR) is 114 cm³/mol. The summed E-state index contributed by atoms with van der Waals surface area (Å²) in [5.74, 6) is -2.18. The monoisotopic (exact) mass is 431 g/mol. The van der Waals surface area contributed by atoms with Crippen molar-refractivity contribution in [2.24, 2.45) is 0 Å². The topological polar surface area (TPSA) is 119 Å². The first-order valence-electron chi connectivity index (χ1n) is 9.80. The number of benzene rings is 2. The summed E-state index contributed by atoms with van der Waals surface area (Å²) in [5, 5.41) is 21.1. The lowest BCUT2D eigenvalue weighted by molar-refractivity contribution is -0.140. The van der Waals surface area contributed by atoms with Crippen LogP contribution in [0.3, 0.4) is 0 Å². The first kappa shape index (κ1) is 19.6. The van der Waals surface area contributed by atoms with E-state index in [1.54, 1.807) is 36.4 Å². The first-order valence-corrected chi connectivity index (χ1v) is 9.80. The van der Waals surface area contributed by atoms with Gasteiger partial charge in [0.2, 0.25) is 11.6 Å². The van der Waals surface area contributed by atoms with Crippen molar-refractivity contribution < 1.29 is 28.9 Å². The Morgan fingerprint density at radius 2 is 1.91 bits per heavy atom. The average Bonchev–Trinajstić information content (AvgIpc) is 2.82. The lowest BCUT2D eigenvalue weighted by atomic mass is 9.85. The summed E-state index contributed by atoms with van der Waals surface area (Å²) in [6.45, 7) is 0. The van der Waals surface area contributed by atoms with Gasteiger partial charge in [-0.05, 0) is 6.07 Å². The third kappa shape index (κ3) is 2.96. The molecule has 0 unspecified atom stereocenters. The van der Waals surface area contributed by atoms with Crippen LogP contribution in [0, 0.1) is 0 Å². The van der Waals surface area contributed by atoms with Gasteiger partial charge in [0.05, 0.1) is 19.1 Å². The molecule has 2 aromatic carbocycles. The minimum Gasteiger partial charge on any atom is -0.504 e. The fourth-order valence-corrected chi connectivity index (χ4v) is 4.00. The van der Waals surface area contributed by atoms with E-state index in [0.717, 1.165) is 0 Å². The highest BCUT2D eigenvalue weighted by atomic mass is 16.5. The molecule has 160 valence electrons. The highest BCUT2D eigenvalue weighted by molar-refractivity contribution is 5.94. The molecule has 0 radical (unpaired) electrons. The van der Waals surface area contributed by atoms with Gasteiger partial charge in [-0.25, -0.2) is 4.98 Å². The zero-order chi connectivity index (χ0) is 22.4. The summed E-state index contributed by atoms with van der Waals surface area (Å²) in [6.07, 6.45) is 1.38. The molecule has 3 heterocycles. The smallest absolute Gasteiger partial charge is 0.306 e. The maximum Gasteiger partial charge on any atom is 0.306 e.